The van der Waals surface area contributed by atoms with Crippen molar-refractivity contribution in [2.24, 2.45) is 5.92 Å². The summed E-state index contributed by atoms with van der Waals surface area (Å²) in [5.74, 6) is -0.0177. The minimum absolute atomic E-state index is 0.000130. The Balaban J connectivity index is 1.31. The molecule has 184 valence electrons. The second-order valence-corrected chi connectivity index (χ2v) is 10.5. The molecule has 3 aliphatic rings. The summed E-state index contributed by atoms with van der Waals surface area (Å²) in [7, 11) is 0. The predicted molar refractivity (Wildman–Crippen MR) is 136 cm³/mol. The van der Waals surface area contributed by atoms with Crippen LogP contribution < -0.4 is 4.90 Å². The number of nitrogens with zero attached hydrogens (tertiary/aromatic N) is 3. The Labute approximate surface area is 207 Å². The number of piperidine rings is 1. The smallest absolute Gasteiger partial charge is 0.257 e. The van der Waals surface area contributed by atoms with Crippen molar-refractivity contribution in [2.45, 2.75) is 70.5 Å². The zero-order valence-corrected chi connectivity index (χ0v) is 20.7. The van der Waals surface area contributed by atoms with Gasteiger partial charge in [0.15, 0.2) is 0 Å². The molecule has 6 heteroatoms. The monoisotopic (exact) mass is 473 g/mol. The average Bonchev–Trinajstić information content (AvgIpc) is 3.67. The highest BCUT2D eigenvalue weighted by atomic mass is 16.2. The first kappa shape index (κ1) is 23.7. The molecule has 1 atom stereocenters. The van der Waals surface area contributed by atoms with Crippen LogP contribution in [-0.4, -0.2) is 52.7 Å². The SMILES string of the molecule is CC(C)c1ccc(N2C(=O)CC(N(C(=O)C3CC3)C3CCN(Cc4ccccc4)CC3)C2=O)cc1. The summed E-state index contributed by atoms with van der Waals surface area (Å²) >= 11 is 0. The lowest BCUT2D eigenvalue weighted by Gasteiger charge is -2.41. The number of amides is 3. The van der Waals surface area contributed by atoms with Crippen molar-refractivity contribution in [3.8, 4) is 0 Å². The third-order valence-electron chi connectivity index (χ3n) is 7.66. The van der Waals surface area contributed by atoms with Gasteiger partial charge in [0.05, 0.1) is 12.1 Å². The summed E-state index contributed by atoms with van der Waals surface area (Å²) in [4.78, 5) is 45.5. The molecule has 2 aliphatic heterocycles. The minimum atomic E-state index is -0.689. The van der Waals surface area contributed by atoms with Crippen molar-refractivity contribution < 1.29 is 14.4 Å². The predicted octanol–water partition coefficient (Wildman–Crippen LogP) is 4.35. The van der Waals surface area contributed by atoms with Gasteiger partial charge in [-0.25, -0.2) is 4.90 Å². The van der Waals surface area contributed by atoms with Crippen molar-refractivity contribution in [2.75, 3.05) is 18.0 Å². The molecule has 3 amide bonds. The Kier molecular flexibility index (Phi) is 6.74. The van der Waals surface area contributed by atoms with Crippen molar-refractivity contribution in [3.63, 3.8) is 0 Å². The van der Waals surface area contributed by atoms with Crippen molar-refractivity contribution in [3.05, 3.63) is 65.7 Å². The summed E-state index contributed by atoms with van der Waals surface area (Å²) in [6.45, 7) is 6.88. The van der Waals surface area contributed by atoms with E-state index in [9.17, 15) is 14.4 Å². The lowest BCUT2D eigenvalue weighted by molar-refractivity contribution is -0.143. The average molecular weight is 474 g/mol. The zero-order chi connectivity index (χ0) is 24.5. The molecule has 2 aromatic carbocycles. The standard InChI is InChI=1S/C29H35N3O3/c1-20(2)22-10-12-24(13-11-22)32-27(33)18-26(29(32)35)31(28(34)23-8-9-23)25-14-16-30(17-15-25)19-21-6-4-3-5-7-21/h3-7,10-13,20,23,25-26H,8-9,14-19H2,1-2H3. The summed E-state index contributed by atoms with van der Waals surface area (Å²) < 4.78 is 0. The number of rotatable bonds is 7. The molecule has 1 unspecified atom stereocenters. The number of benzene rings is 2. The molecule has 0 aromatic heterocycles. The van der Waals surface area contributed by atoms with Gasteiger partial charge in [0.1, 0.15) is 6.04 Å². The van der Waals surface area contributed by atoms with E-state index < -0.39 is 6.04 Å². The molecule has 5 rings (SSSR count). The van der Waals surface area contributed by atoms with Crippen LogP contribution in [0.15, 0.2) is 54.6 Å². The Bertz CT molecular complexity index is 1070. The van der Waals surface area contributed by atoms with Crippen LogP contribution in [0.4, 0.5) is 5.69 Å². The molecule has 6 nitrogen and oxygen atoms in total. The maximum atomic E-state index is 13.6. The van der Waals surface area contributed by atoms with E-state index in [0.717, 1.165) is 50.9 Å². The second-order valence-electron chi connectivity index (χ2n) is 10.5. The Morgan fingerprint density at radius 3 is 2.20 bits per heavy atom. The molecule has 2 aromatic rings. The molecule has 0 bridgehead atoms. The van der Waals surface area contributed by atoms with E-state index in [-0.39, 0.29) is 36.1 Å². The van der Waals surface area contributed by atoms with Gasteiger partial charge >= 0.3 is 0 Å². The van der Waals surface area contributed by atoms with Crippen LogP contribution in [0.5, 0.6) is 0 Å². The number of carbonyl (C=O) groups is 3. The highest BCUT2D eigenvalue weighted by Crippen LogP contribution is 2.37. The van der Waals surface area contributed by atoms with E-state index in [0.29, 0.717) is 11.6 Å². The minimum Gasteiger partial charge on any atom is -0.327 e. The molecule has 0 N–H and O–H groups in total. The fourth-order valence-electron chi connectivity index (χ4n) is 5.44. The molecule has 2 saturated heterocycles. The van der Waals surface area contributed by atoms with E-state index in [1.807, 2.05) is 35.2 Å². The summed E-state index contributed by atoms with van der Waals surface area (Å²) in [5, 5.41) is 0. The van der Waals surface area contributed by atoms with Crippen molar-refractivity contribution in [1.82, 2.24) is 9.80 Å². The second kappa shape index (κ2) is 9.94. The van der Waals surface area contributed by atoms with Crippen LogP contribution >= 0.6 is 0 Å². The van der Waals surface area contributed by atoms with Gasteiger partial charge in [-0.1, -0.05) is 56.3 Å². The van der Waals surface area contributed by atoms with Crippen LogP contribution in [0, 0.1) is 5.92 Å². The first-order chi connectivity index (χ1) is 16.9. The van der Waals surface area contributed by atoms with Crippen molar-refractivity contribution >= 4 is 23.4 Å². The highest BCUT2D eigenvalue weighted by molar-refractivity contribution is 6.23. The number of carbonyl (C=O) groups excluding carboxylic acids is 3. The molecule has 35 heavy (non-hydrogen) atoms. The molecular formula is C29H35N3O3. The topological polar surface area (TPSA) is 60.9 Å². The third-order valence-corrected chi connectivity index (χ3v) is 7.66. The lowest BCUT2D eigenvalue weighted by Crippen LogP contribution is -2.54. The Hall–Kier alpha value is -2.99. The van der Waals surface area contributed by atoms with Gasteiger partial charge in [0, 0.05) is 31.6 Å². The largest absolute Gasteiger partial charge is 0.327 e. The van der Waals surface area contributed by atoms with E-state index in [2.05, 4.69) is 43.0 Å². The fraction of sp³-hybridized carbons (Fsp3) is 0.483. The third kappa shape index (κ3) is 5.03. The van der Waals surface area contributed by atoms with Gasteiger partial charge in [0.2, 0.25) is 11.8 Å². The fourth-order valence-corrected chi connectivity index (χ4v) is 5.44. The van der Waals surface area contributed by atoms with Gasteiger partial charge in [0.25, 0.3) is 5.91 Å². The first-order valence-electron chi connectivity index (χ1n) is 13.0. The van der Waals surface area contributed by atoms with Gasteiger partial charge in [-0.05, 0) is 54.9 Å². The molecule has 1 saturated carbocycles. The number of imide groups is 1. The lowest BCUT2D eigenvalue weighted by atomic mass is 9.99. The van der Waals surface area contributed by atoms with Gasteiger partial charge < -0.3 is 4.90 Å². The molecule has 0 spiro atoms. The molecule has 3 fully saturated rings. The van der Waals surface area contributed by atoms with E-state index in [4.69, 9.17) is 0 Å². The molecule has 0 radical (unpaired) electrons. The van der Waals surface area contributed by atoms with E-state index in [1.54, 1.807) is 0 Å². The zero-order valence-electron chi connectivity index (χ0n) is 20.7. The number of hydrogen-bond acceptors (Lipinski definition) is 4. The van der Waals surface area contributed by atoms with Gasteiger partial charge in [-0.2, -0.15) is 0 Å². The van der Waals surface area contributed by atoms with Gasteiger partial charge in [-0.15, -0.1) is 0 Å². The number of likely N-dealkylation sites (tertiary alicyclic amines) is 1. The van der Waals surface area contributed by atoms with E-state index >= 15 is 0 Å². The first-order valence-corrected chi connectivity index (χ1v) is 13.0. The maximum absolute atomic E-state index is 13.6. The Morgan fingerprint density at radius 2 is 1.60 bits per heavy atom. The molecular weight excluding hydrogens is 438 g/mol. The number of anilines is 1. The van der Waals surface area contributed by atoms with E-state index in [1.165, 1.54) is 10.5 Å². The summed E-state index contributed by atoms with van der Waals surface area (Å²) in [6, 6.07) is 17.4. The molecule has 1 aliphatic carbocycles. The maximum Gasteiger partial charge on any atom is 0.257 e. The van der Waals surface area contributed by atoms with Crippen molar-refractivity contribution in [1.29, 1.82) is 0 Å². The van der Waals surface area contributed by atoms with Crippen LogP contribution in [-0.2, 0) is 20.9 Å². The summed E-state index contributed by atoms with van der Waals surface area (Å²) in [6.07, 6.45) is 3.50. The number of hydrogen-bond donors (Lipinski definition) is 0. The highest BCUT2D eigenvalue weighted by Gasteiger charge is 2.49. The molecule has 2 heterocycles. The van der Waals surface area contributed by atoms with Crippen LogP contribution in [0.3, 0.4) is 0 Å². The Morgan fingerprint density at radius 1 is 0.943 bits per heavy atom. The van der Waals surface area contributed by atoms with Gasteiger partial charge in [-0.3, -0.25) is 19.3 Å². The van der Waals surface area contributed by atoms with Crippen LogP contribution in [0.25, 0.3) is 0 Å². The normalized spacial score (nSPS) is 21.7. The van der Waals surface area contributed by atoms with Crippen LogP contribution in [0.1, 0.15) is 63.0 Å². The summed E-state index contributed by atoms with van der Waals surface area (Å²) in [5.41, 5.74) is 3.05. The quantitative estimate of drug-likeness (QED) is 0.561. The van der Waals surface area contributed by atoms with Crippen LogP contribution in [0.2, 0.25) is 0 Å².